The number of benzene rings is 3. The third-order valence-corrected chi connectivity index (χ3v) is 4.07. The fourth-order valence-electron chi connectivity index (χ4n) is 2.55. The fourth-order valence-corrected chi connectivity index (χ4v) is 2.89. The normalized spacial score (nSPS) is 12.3. The second-order valence-electron chi connectivity index (χ2n) is 4.93. The van der Waals surface area contributed by atoms with Crippen LogP contribution in [0.3, 0.4) is 0 Å². The number of hydrogen-bond donors (Lipinski definition) is 0. The van der Waals surface area contributed by atoms with Crippen molar-refractivity contribution in [2.24, 2.45) is 0 Å². The molecular formula is C19H17ClO. The highest BCUT2D eigenvalue weighted by molar-refractivity contribution is 6.23. The number of hydrogen-bond acceptors (Lipinski definition) is 1. The van der Waals surface area contributed by atoms with Crippen LogP contribution in [0.15, 0.2) is 66.7 Å². The molecule has 3 rings (SSSR count). The molecule has 0 bridgehead atoms. The Balaban J connectivity index is 1.98. The van der Waals surface area contributed by atoms with E-state index in [1.54, 1.807) is 0 Å². The standard InChI is InChI=1S/C19H17ClO/c1-2-21-16-12-10-15(11-13-16)19(20)18-9-5-7-14-6-3-4-8-17(14)18/h3-13,19H,2H2,1H3. The third-order valence-electron chi connectivity index (χ3n) is 3.58. The molecule has 0 heterocycles. The van der Waals surface area contributed by atoms with Crippen LogP contribution in [0.4, 0.5) is 0 Å². The topological polar surface area (TPSA) is 9.23 Å². The molecule has 21 heavy (non-hydrogen) atoms. The summed E-state index contributed by atoms with van der Waals surface area (Å²) in [6, 6.07) is 22.6. The minimum atomic E-state index is -0.160. The highest BCUT2D eigenvalue weighted by atomic mass is 35.5. The van der Waals surface area contributed by atoms with Crippen molar-refractivity contribution in [1.29, 1.82) is 0 Å². The summed E-state index contributed by atoms with van der Waals surface area (Å²) in [6.45, 7) is 2.65. The van der Waals surface area contributed by atoms with E-state index in [4.69, 9.17) is 16.3 Å². The molecule has 0 amide bonds. The SMILES string of the molecule is CCOc1ccc(C(Cl)c2cccc3ccccc23)cc1. The van der Waals surface area contributed by atoms with Gasteiger partial charge >= 0.3 is 0 Å². The summed E-state index contributed by atoms with van der Waals surface area (Å²) < 4.78 is 5.47. The van der Waals surface area contributed by atoms with Gasteiger partial charge < -0.3 is 4.74 Å². The number of halogens is 1. The number of alkyl halides is 1. The van der Waals surface area contributed by atoms with Crippen LogP contribution in [-0.2, 0) is 0 Å². The van der Waals surface area contributed by atoms with Crippen LogP contribution in [-0.4, -0.2) is 6.61 Å². The second-order valence-corrected chi connectivity index (χ2v) is 5.37. The highest BCUT2D eigenvalue weighted by Crippen LogP contribution is 2.34. The van der Waals surface area contributed by atoms with Crippen molar-refractivity contribution in [3.8, 4) is 5.75 Å². The summed E-state index contributed by atoms with van der Waals surface area (Å²) in [5.74, 6) is 0.878. The van der Waals surface area contributed by atoms with E-state index in [0.717, 1.165) is 16.9 Å². The molecule has 3 aromatic carbocycles. The van der Waals surface area contributed by atoms with Crippen molar-refractivity contribution in [3.05, 3.63) is 77.9 Å². The summed E-state index contributed by atoms with van der Waals surface area (Å²) >= 11 is 6.70. The summed E-state index contributed by atoms with van der Waals surface area (Å²) in [5, 5.41) is 2.26. The van der Waals surface area contributed by atoms with Gasteiger partial charge in [0.1, 0.15) is 5.75 Å². The summed E-state index contributed by atoms with van der Waals surface area (Å²) in [5.41, 5.74) is 2.22. The fraction of sp³-hybridized carbons (Fsp3) is 0.158. The van der Waals surface area contributed by atoms with E-state index in [2.05, 4.69) is 30.3 Å². The van der Waals surface area contributed by atoms with Gasteiger partial charge in [0, 0.05) is 0 Å². The molecule has 1 atom stereocenters. The maximum absolute atomic E-state index is 6.70. The smallest absolute Gasteiger partial charge is 0.119 e. The quantitative estimate of drug-likeness (QED) is 0.572. The molecule has 1 unspecified atom stereocenters. The van der Waals surface area contributed by atoms with Crippen LogP contribution in [0.2, 0.25) is 0 Å². The zero-order chi connectivity index (χ0) is 14.7. The Kier molecular flexibility index (Phi) is 4.12. The van der Waals surface area contributed by atoms with Gasteiger partial charge in [-0.05, 0) is 41.0 Å². The molecule has 0 N–H and O–H groups in total. The Morgan fingerprint density at radius 3 is 2.38 bits per heavy atom. The van der Waals surface area contributed by atoms with Crippen LogP contribution in [0.1, 0.15) is 23.4 Å². The number of fused-ring (bicyclic) bond motifs is 1. The molecule has 0 radical (unpaired) electrons. The van der Waals surface area contributed by atoms with Gasteiger partial charge in [-0.3, -0.25) is 0 Å². The first kappa shape index (κ1) is 14.0. The lowest BCUT2D eigenvalue weighted by Gasteiger charge is -2.14. The van der Waals surface area contributed by atoms with Crippen LogP contribution in [0, 0.1) is 0 Å². The molecule has 0 aromatic heterocycles. The summed E-state index contributed by atoms with van der Waals surface area (Å²) in [4.78, 5) is 0. The van der Waals surface area contributed by atoms with Crippen molar-refractivity contribution >= 4 is 22.4 Å². The Bertz CT molecular complexity index is 729. The van der Waals surface area contributed by atoms with Crippen molar-refractivity contribution in [1.82, 2.24) is 0 Å². The summed E-state index contributed by atoms with van der Waals surface area (Å²) in [7, 11) is 0. The van der Waals surface area contributed by atoms with Crippen molar-refractivity contribution in [2.75, 3.05) is 6.61 Å². The third kappa shape index (κ3) is 2.88. The van der Waals surface area contributed by atoms with Gasteiger partial charge in [0.25, 0.3) is 0 Å². The van der Waals surface area contributed by atoms with Crippen LogP contribution in [0.25, 0.3) is 10.8 Å². The molecule has 0 spiro atoms. The first-order valence-corrected chi connectivity index (χ1v) is 7.57. The minimum Gasteiger partial charge on any atom is -0.494 e. The van der Waals surface area contributed by atoms with Crippen molar-refractivity contribution < 1.29 is 4.74 Å². The average molecular weight is 297 g/mol. The van der Waals surface area contributed by atoms with E-state index in [-0.39, 0.29) is 5.38 Å². The summed E-state index contributed by atoms with van der Waals surface area (Å²) in [6.07, 6.45) is 0. The lowest BCUT2D eigenvalue weighted by atomic mass is 9.98. The van der Waals surface area contributed by atoms with Gasteiger partial charge in [0.2, 0.25) is 0 Å². The lowest BCUT2D eigenvalue weighted by Crippen LogP contribution is -1.96. The lowest BCUT2D eigenvalue weighted by molar-refractivity contribution is 0.340. The second kappa shape index (κ2) is 6.19. The average Bonchev–Trinajstić information content (AvgIpc) is 2.55. The molecule has 0 aliphatic rings. The van der Waals surface area contributed by atoms with E-state index in [0.29, 0.717) is 6.61 Å². The van der Waals surface area contributed by atoms with Gasteiger partial charge in [0.15, 0.2) is 0 Å². The first-order valence-electron chi connectivity index (χ1n) is 7.14. The molecule has 0 fully saturated rings. The van der Waals surface area contributed by atoms with E-state index >= 15 is 0 Å². The highest BCUT2D eigenvalue weighted by Gasteiger charge is 2.13. The molecule has 106 valence electrons. The van der Waals surface area contributed by atoms with Crippen LogP contribution < -0.4 is 4.74 Å². The van der Waals surface area contributed by atoms with Gasteiger partial charge in [0.05, 0.1) is 12.0 Å². The van der Waals surface area contributed by atoms with Gasteiger partial charge in [-0.2, -0.15) is 0 Å². The number of rotatable bonds is 4. The molecule has 2 heteroatoms. The van der Waals surface area contributed by atoms with E-state index in [1.165, 1.54) is 10.8 Å². The molecular weight excluding hydrogens is 280 g/mol. The Labute approximate surface area is 130 Å². The molecule has 3 aromatic rings. The maximum atomic E-state index is 6.70. The van der Waals surface area contributed by atoms with E-state index in [9.17, 15) is 0 Å². The molecule has 0 saturated carbocycles. The Morgan fingerprint density at radius 2 is 1.62 bits per heavy atom. The molecule has 0 aliphatic heterocycles. The first-order chi connectivity index (χ1) is 10.3. The molecule has 0 aliphatic carbocycles. The maximum Gasteiger partial charge on any atom is 0.119 e. The van der Waals surface area contributed by atoms with Gasteiger partial charge in [-0.15, -0.1) is 11.6 Å². The zero-order valence-electron chi connectivity index (χ0n) is 11.9. The van der Waals surface area contributed by atoms with Gasteiger partial charge in [-0.1, -0.05) is 54.6 Å². The minimum absolute atomic E-state index is 0.160. The van der Waals surface area contributed by atoms with E-state index in [1.807, 2.05) is 43.3 Å². The number of ether oxygens (including phenoxy) is 1. The van der Waals surface area contributed by atoms with E-state index < -0.39 is 0 Å². The Morgan fingerprint density at radius 1 is 0.905 bits per heavy atom. The Hall–Kier alpha value is -1.99. The molecule has 1 nitrogen and oxygen atoms in total. The van der Waals surface area contributed by atoms with Crippen LogP contribution in [0.5, 0.6) is 5.75 Å². The monoisotopic (exact) mass is 296 g/mol. The van der Waals surface area contributed by atoms with Crippen LogP contribution >= 0.6 is 11.6 Å². The van der Waals surface area contributed by atoms with Gasteiger partial charge in [-0.25, -0.2) is 0 Å². The largest absolute Gasteiger partial charge is 0.494 e. The molecule has 0 saturated heterocycles. The predicted octanol–water partition coefficient (Wildman–Crippen LogP) is 5.57. The van der Waals surface area contributed by atoms with Crippen molar-refractivity contribution in [2.45, 2.75) is 12.3 Å². The zero-order valence-corrected chi connectivity index (χ0v) is 12.7. The van der Waals surface area contributed by atoms with Crippen molar-refractivity contribution in [3.63, 3.8) is 0 Å². The predicted molar refractivity (Wildman–Crippen MR) is 89.3 cm³/mol.